The Morgan fingerprint density at radius 3 is 2.74 bits per heavy atom. The van der Waals surface area contributed by atoms with Gasteiger partial charge in [0.2, 0.25) is 0 Å². The van der Waals surface area contributed by atoms with Gasteiger partial charge in [-0.1, -0.05) is 29.8 Å². The van der Waals surface area contributed by atoms with Gasteiger partial charge in [0.15, 0.2) is 17.2 Å². The van der Waals surface area contributed by atoms with Gasteiger partial charge in [0.25, 0.3) is 0 Å². The van der Waals surface area contributed by atoms with Gasteiger partial charge in [0.1, 0.15) is 18.0 Å². The molecule has 0 spiro atoms. The molecule has 0 fully saturated rings. The Labute approximate surface area is 194 Å². The lowest BCUT2D eigenvalue weighted by molar-refractivity contribution is 0.410. The summed E-state index contributed by atoms with van der Waals surface area (Å²) in [5, 5.41) is 17.3. The van der Waals surface area contributed by atoms with Gasteiger partial charge in [-0.2, -0.15) is 20.2 Å². The number of hydrogen-bond donors (Lipinski definition) is 3. The molecule has 0 saturated carbocycles. The molecule has 5 aromatic rings. The first kappa shape index (κ1) is 21.5. The molecule has 3 N–H and O–H groups in total. The van der Waals surface area contributed by atoms with Gasteiger partial charge in [-0.15, -0.1) is 0 Å². The van der Waals surface area contributed by atoms with E-state index >= 15 is 0 Å². The highest BCUT2D eigenvalue weighted by Gasteiger charge is 2.19. The number of benzene rings is 2. The number of hydrogen-bond acceptors (Lipinski definition) is 7. The third kappa shape index (κ3) is 4.18. The number of anilines is 1. The second-order valence-corrected chi connectivity index (χ2v) is 7.50. The molecule has 0 aliphatic rings. The van der Waals surface area contributed by atoms with Crippen molar-refractivity contribution in [1.29, 1.82) is 0 Å². The van der Waals surface area contributed by atoms with E-state index in [2.05, 4.69) is 35.7 Å². The third-order valence-electron chi connectivity index (χ3n) is 4.89. The minimum absolute atomic E-state index is 0.210. The highest BCUT2D eigenvalue weighted by atomic mass is 35.5. The molecule has 10 nitrogen and oxygen atoms in total. The van der Waals surface area contributed by atoms with E-state index in [1.807, 2.05) is 12.1 Å². The lowest BCUT2D eigenvalue weighted by atomic mass is 10.1. The van der Waals surface area contributed by atoms with Gasteiger partial charge < -0.3 is 10.1 Å². The molecule has 0 aliphatic heterocycles. The zero-order valence-corrected chi connectivity index (χ0v) is 18.0. The summed E-state index contributed by atoms with van der Waals surface area (Å²) < 4.78 is 34.2. The number of aromatic amines is 2. The molecule has 34 heavy (non-hydrogen) atoms. The maximum absolute atomic E-state index is 14.1. The van der Waals surface area contributed by atoms with Crippen LogP contribution in [0.3, 0.4) is 0 Å². The van der Waals surface area contributed by atoms with E-state index in [0.29, 0.717) is 33.6 Å². The third-order valence-corrected chi connectivity index (χ3v) is 5.22. The first-order chi connectivity index (χ1) is 16.5. The number of ether oxygens (including phenoxy) is 1. The second kappa shape index (κ2) is 8.90. The zero-order valence-electron chi connectivity index (χ0n) is 17.2. The van der Waals surface area contributed by atoms with E-state index in [-0.39, 0.29) is 36.2 Å². The van der Waals surface area contributed by atoms with Crippen LogP contribution in [-0.2, 0) is 6.54 Å². The van der Waals surface area contributed by atoms with Crippen molar-refractivity contribution >= 4 is 28.5 Å². The number of nitrogens with one attached hydrogen (secondary N) is 3. The van der Waals surface area contributed by atoms with E-state index in [1.54, 1.807) is 12.1 Å². The molecule has 0 unspecified atom stereocenters. The van der Waals surface area contributed by atoms with Gasteiger partial charge in [-0.05, 0) is 18.2 Å². The van der Waals surface area contributed by atoms with Crippen molar-refractivity contribution in [2.75, 3.05) is 11.9 Å². The molecule has 3 heterocycles. The SMILES string of the molecule is O=c1[nH]ncn1CCNc1nc(Oc2ccc(F)cc2F)nc2n[nH]c(-c3ccccc3Cl)c12. The van der Waals surface area contributed by atoms with Gasteiger partial charge >= 0.3 is 11.7 Å². The Hall–Kier alpha value is -4.32. The second-order valence-electron chi connectivity index (χ2n) is 7.09. The summed E-state index contributed by atoms with van der Waals surface area (Å²) in [6.07, 6.45) is 1.37. The lowest BCUT2D eigenvalue weighted by Gasteiger charge is -2.11. The molecule has 0 atom stereocenters. The Bertz CT molecular complexity index is 1550. The van der Waals surface area contributed by atoms with E-state index in [9.17, 15) is 13.6 Å². The van der Waals surface area contributed by atoms with Crippen LogP contribution in [0.1, 0.15) is 0 Å². The predicted molar refractivity (Wildman–Crippen MR) is 120 cm³/mol. The van der Waals surface area contributed by atoms with Crippen molar-refractivity contribution in [3.05, 3.63) is 75.9 Å². The maximum Gasteiger partial charge on any atom is 0.343 e. The number of nitrogens with zero attached hydrogens (tertiary/aromatic N) is 5. The van der Waals surface area contributed by atoms with Crippen LogP contribution < -0.4 is 15.7 Å². The summed E-state index contributed by atoms with van der Waals surface area (Å²) in [6, 6.07) is 9.84. The van der Waals surface area contributed by atoms with Crippen molar-refractivity contribution in [3.63, 3.8) is 0 Å². The molecule has 2 aromatic carbocycles. The topological polar surface area (TPSA) is 126 Å². The van der Waals surface area contributed by atoms with Crippen LogP contribution in [0.2, 0.25) is 5.02 Å². The summed E-state index contributed by atoms with van der Waals surface area (Å²) in [4.78, 5) is 20.3. The highest BCUT2D eigenvalue weighted by Crippen LogP contribution is 2.35. The fourth-order valence-corrected chi connectivity index (χ4v) is 3.55. The smallest absolute Gasteiger partial charge is 0.343 e. The fraction of sp³-hybridized carbons (Fsp3) is 0.0952. The maximum atomic E-state index is 14.1. The molecule has 0 radical (unpaired) electrons. The highest BCUT2D eigenvalue weighted by molar-refractivity contribution is 6.33. The van der Waals surface area contributed by atoms with Crippen LogP contribution in [-0.4, -0.2) is 41.5 Å². The largest absolute Gasteiger partial charge is 0.421 e. The number of aromatic nitrogens is 7. The average Bonchev–Trinajstić information content (AvgIpc) is 3.42. The minimum atomic E-state index is -0.906. The zero-order chi connectivity index (χ0) is 23.7. The van der Waals surface area contributed by atoms with Crippen molar-refractivity contribution in [1.82, 2.24) is 34.9 Å². The summed E-state index contributed by atoms with van der Waals surface area (Å²) in [7, 11) is 0. The summed E-state index contributed by atoms with van der Waals surface area (Å²) >= 11 is 6.37. The number of halogens is 3. The van der Waals surface area contributed by atoms with Gasteiger partial charge in [-0.25, -0.2) is 18.7 Å². The quantitative estimate of drug-likeness (QED) is 0.321. The molecule has 3 aromatic heterocycles. The molecule has 13 heteroatoms. The van der Waals surface area contributed by atoms with Crippen LogP contribution in [0, 0.1) is 11.6 Å². The molecular formula is C21H15ClF2N8O2. The van der Waals surface area contributed by atoms with Crippen molar-refractivity contribution in [2.45, 2.75) is 6.54 Å². The molecule has 0 amide bonds. The van der Waals surface area contributed by atoms with Crippen molar-refractivity contribution in [2.24, 2.45) is 0 Å². The van der Waals surface area contributed by atoms with Crippen LogP contribution >= 0.6 is 11.6 Å². The summed E-state index contributed by atoms with van der Waals surface area (Å²) in [6.45, 7) is 0.561. The Morgan fingerprint density at radius 2 is 1.97 bits per heavy atom. The average molecular weight is 485 g/mol. The van der Waals surface area contributed by atoms with E-state index < -0.39 is 11.6 Å². The van der Waals surface area contributed by atoms with E-state index in [4.69, 9.17) is 16.3 Å². The first-order valence-electron chi connectivity index (χ1n) is 9.97. The summed E-state index contributed by atoms with van der Waals surface area (Å²) in [5.41, 5.74) is 1.10. The molecule has 0 bridgehead atoms. The van der Waals surface area contributed by atoms with Crippen LogP contribution in [0.15, 0.2) is 53.6 Å². The number of rotatable bonds is 7. The van der Waals surface area contributed by atoms with Crippen LogP contribution in [0.4, 0.5) is 14.6 Å². The van der Waals surface area contributed by atoms with Crippen molar-refractivity contribution in [3.8, 4) is 23.0 Å². The van der Waals surface area contributed by atoms with Gasteiger partial charge in [0, 0.05) is 29.7 Å². The number of H-pyrrole nitrogens is 2. The summed E-state index contributed by atoms with van der Waals surface area (Å²) in [5.74, 6) is -1.59. The molecule has 5 rings (SSSR count). The molecule has 0 saturated heterocycles. The lowest BCUT2D eigenvalue weighted by Crippen LogP contribution is -2.21. The Morgan fingerprint density at radius 1 is 1.12 bits per heavy atom. The molecular weight excluding hydrogens is 470 g/mol. The van der Waals surface area contributed by atoms with Gasteiger partial charge in [0.05, 0.1) is 11.1 Å². The normalized spacial score (nSPS) is 11.1. The molecule has 0 aliphatic carbocycles. The minimum Gasteiger partial charge on any atom is -0.421 e. The van der Waals surface area contributed by atoms with E-state index in [1.165, 1.54) is 10.9 Å². The monoisotopic (exact) mass is 484 g/mol. The Kier molecular flexibility index (Phi) is 5.64. The van der Waals surface area contributed by atoms with Crippen molar-refractivity contribution < 1.29 is 13.5 Å². The Balaban J connectivity index is 1.55. The van der Waals surface area contributed by atoms with Gasteiger partial charge in [-0.3, -0.25) is 9.67 Å². The van der Waals surface area contributed by atoms with Crippen LogP contribution in [0.5, 0.6) is 11.8 Å². The first-order valence-corrected chi connectivity index (χ1v) is 10.3. The number of fused-ring (bicyclic) bond motifs is 1. The molecule has 172 valence electrons. The fourth-order valence-electron chi connectivity index (χ4n) is 3.32. The standard InChI is InChI=1S/C21H15ClF2N8O2/c22-13-4-2-1-3-12(13)17-16-18(25-7-8-32-10-26-31-21(32)33)27-20(28-19(16)30-29-17)34-15-6-5-11(23)9-14(15)24/h1-6,9-10H,7-8H2,(H,31,33)(H2,25,27,28,29,30). The van der Waals surface area contributed by atoms with E-state index in [0.717, 1.165) is 12.1 Å². The predicted octanol–water partition coefficient (Wildman–Crippen LogP) is 3.74. The van der Waals surface area contributed by atoms with Crippen LogP contribution in [0.25, 0.3) is 22.3 Å².